The summed E-state index contributed by atoms with van der Waals surface area (Å²) in [5.41, 5.74) is 2.14. The topological polar surface area (TPSA) is 50.7 Å². The van der Waals surface area contributed by atoms with Crippen molar-refractivity contribution in [2.24, 2.45) is 0 Å². The van der Waals surface area contributed by atoms with E-state index in [0.717, 1.165) is 22.6 Å². The second kappa shape index (κ2) is 8.56. The minimum atomic E-state index is -0.450. The normalized spacial score (nSPS) is 13.4. The molecule has 4 heteroatoms. The van der Waals surface area contributed by atoms with E-state index in [1.54, 1.807) is 14.2 Å². The largest absolute Gasteiger partial charge is 0.497 e. The fourth-order valence-corrected chi connectivity index (χ4v) is 2.46. The van der Waals surface area contributed by atoms with Crippen LogP contribution in [0.5, 0.6) is 11.5 Å². The Kier molecular flexibility index (Phi) is 6.44. The molecule has 124 valence electrons. The third kappa shape index (κ3) is 4.98. The van der Waals surface area contributed by atoms with E-state index in [0.29, 0.717) is 13.0 Å². The van der Waals surface area contributed by atoms with Gasteiger partial charge >= 0.3 is 0 Å². The first kappa shape index (κ1) is 17.3. The van der Waals surface area contributed by atoms with Crippen molar-refractivity contribution in [2.45, 2.75) is 32.0 Å². The number of ether oxygens (including phenoxy) is 2. The molecule has 4 nitrogen and oxygen atoms in total. The Bertz CT molecular complexity index is 601. The lowest BCUT2D eigenvalue weighted by atomic mass is 10.0. The molecule has 0 aliphatic carbocycles. The predicted molar refractivity (Wildman–Crippen MR) is 92.0 cm³/mol. The molecule has 0 bridgehead atoms. The van der Waals surface area contributed by atoms with Crippen molar-refractivity contribution in [3.63, 3.8) is 0 Å². The molecule has 2 N–H and O–H groups in total. The van der Waals surface area contributed by atoms with Gasteiger partial charge in [0, 0.05) is 18.2 Å². The molecule has 0 amide bonds. The van der Waals surface area contributed by atoms with Gasteiger partial charge in [0.1, 0.15) is 11.5 Å². The number of hydrogen-bond donors (Lipinski definition) is 2. The summed E-state index contributed by atoms with van der Waals surface area (Å²) in [5.74, 6) is 1.60. The molecule has 0 heterocycles. The zero-order valence-corrected chi connectivity index (χ0v) is 14.0. The average molecular weight is 315 g/mol. The standard InChI is InChI=1S/C19H25NO3/c1-14(18(21)11-15-7-5-4-6-8-15)20-13-16-12-17(22-2)9-10-19(16)23-3/h4-10,12,14,18,20-21H,11,13H2,1-3H3. The van der Waals surface area contributed by atoms with Gasteiger partial charge in [0.05, 0.1) is 20.3 Å². The van der Waals surface area contributed by atoms with Gasteiger partial charge in [0.2, 0.25) is 0 Å². The molecule has 0 aliphatic heterocycles. The van der Waals surface area contributed by atoms with E-state index < -0.39 is 6.10 Å². The Morgan fingerprint density at radius 3 is 2.43 bits per heavy atom. The third-order valence-electron chi connectivity index (χ3n) is 3.97. The van der Waals surface area contributed by atoms with Crippen LogP contribution in [0.2, 0.25) is 0 Å². The van der Waals surface area contributed by atoms with Crippen molar-refractivity contribution in [1.29, 1.82) is 0 Å². The summed E-state index contributed by atoms with van der Waals surface area (Å²) in [4.78, 5) is 0. The van der Waals surface area contributed by atoms with Crippen LogP contribution < -0.4 is 14.8 Å². The third-order valence-corrected chi connectivity index (χ3v) is 3.97. The monoisotopic (exact) mass is 315 g/mol. The molecule has 2 atom stereocenters. The van der Waals surface area contributed by atoms with Crippen LogP contribution in [-0.4, -0.2) is 31.5 Å². The summed E-state index contributed by atoms with van der Waals surface area (Å²) in [6.07, 6.45) is 0.179. The summed E-state index contributed by atoms with van der Waals surface area (Å²) in [7, 11) is 3.30. The summed E-state index contributed by atoms with van der Waals surface area (Å²) in [5, 5.41) is 13.7. The molecular formula is C19H25NO3. The molecule has 0 fully saturated rings. The first-order chi connectivity index (χ1) is 11.1. The van der Waals surface area contributed by atoms with Crippen molar-refractivity contribution in [3.8, 4) is 11.5 Å². The molecule has 0 radical (unpaired) electrons. The molecule has 0 aliphatic rings. The van der Waals surface area contributed by atoms with Crippen LogP contribution in [0.15, 0.2) is 48.5 Å². The SMILES string of the molecule is COc1ccc(OC)c(CNC(C)C(O)Cc2ccccc2)c1. The minimum absolute atomic E-state index is 0.0360. The fraction of sp³-hybridized carbons (Fsp3) is 0.368. The maximum absolute atomic E-state index is 10.4. The number of hydrogen-bond acceptors (Lipinski definition) is 4. The highest BCUT2D eigenvalue weighted by Gasteiger charge is 2.15. The van der Waals surface area contributed by atoms with Gasteiger partial charge in [-0.2, -0.15) is 0 Å². The smallest absolute Gasteiger partial charge is 0.123 e. The van der Waals surface area contributed by atoms with E-state index in [9.17, 15) is 5.11 Å². The van der Waals surface area contributed by atoms with Gasteiger partial charge in [-0.1, -0.05) is 30.3 Å². The lowest BCUT2D eigenvalue weighted by Crippen LogP contribution is -2.38. The molecule has 0 spiro atoms. The van der Waals surface area contributed by atoms with Crippen molar-refractivity contribution >= 4 is 0 Å². The lowest BCUT2D eigenvalue weighted by molar-refractivity contribution is 0.133. The Morgan fingerprint density at radius 1 is 1.04 bits per heavy atom. The van der Waals surface area contributed by atoms with Gasteiger partial charge in [-0.05, 0) is 37.1 Å². The van der Waals surface area contributed by atoms with Crippen LogP contribution in [0.25, 0.3) is 0 Å². The van der Waals surface area contributed by atoms with Crippen molar-refractivity contribution in [3.05, 3.63) is 59.7 Å². The van der Waals surface area contributed by atoms with Crippen LogP contribution in [0.1, 0.15) is 18.1 Å². The number of methoxy groups -OCH3 is 2. The average Bonchev–Trinajstić information content (AvgIpc) is 2.60. The van der Waals surface area contributed by atoms with E-state index in [-0.39, 0.29) is 6.04 Å². The van der Waals surface area contributed by atoms with Gasteiger partial charge in [0.25, 0.3) is 0 Å². The first-order valence-corrected chi connectivity index (χ1v) is 7.80. The molecule has 0 saturated heterocycles. The molecule has 23 heavy (non-hydrogen) atoms. The maximum Gasteiger partial charge on any atom is 0.123 e. The van der Waals surface area contributed by atoms with Crippen LogP contribution in [0.4, 0.5) is 0 Å². The van der Waals surface area contributed by atoms with E-state index >= 15 is 0 Å². The minimum Gasteiger partial charge on any atom is -0.497 e. The number of benzene rings is 2. The van der Waals surface area contributed by atoms with Crippen LogP contribution in [0, 0.1) is 0 Å². The van der Waals surface area contributed by atoms with Crippen molar-refractivity contribution in [1.82, 2.24) is 5.32 Å². The molecule has 2 aromatic carbocycles. The summed E-state index contributed by atoms with van der Waals surface area (Å²) in [6, 6.07) is 15.7. The first-order valence-electron chi connectivity index (χ1n) is 7.80. The number of aliphatic hydroxyl groups excluding tert-OH is 1. The highest BCUT2D eigenvalue weighted by molar-refractivity contribution is 5.40. The lowest BCUT2D eigenvalue weighted by Gasteiger charge is -2.21. The summed E-state index contributed by atoms with van der Waals surface area (Å²) >= 11 is 0. The van der Waals surface area contributed by atoms with E-state index in [2.05, 4.69) is 5.32 Å². The maximum atomic E-state index is 10.4. The summed E-state index contributed by atoms with van der Waals surface area (Å²) in [6.45, 7) is 2.59. The van der Waals surface area contributed by atoms with Crippen molar-refractivity contribution < 1.29 is 14.6 Å². The van der Waals surface area contributed by atoms with Crippen LogP contribution >= 0.6 is 0 Å². The van der Waals surface area contributed by atoms with Gasteiger partial charge in [-0.3, -0.25) is 0 Å². The Hall–Kier alpha value is -2.04. The molecular weight excluding hydrogens is 290 g/mol. The Labute approximate surface area is 138 Å². The second-order valence-electron chi connectivity index (χ2n) is 5.60. The molecule has 2 unspecified atom stereocenters. The number of aliphatic hydroxyl groups is 1. The Balaban J connectivity index is 1.94. The number of nitrogens with one attached hydrogen (secondary N) is 1. The van der Waals surface area contributed by atoms with Gasteiger partial charge < -0.3 is 19.9 Å². The van der Waals surface area contributed by atoms with E-state index in [4.69, 9.17) is 9.47 Å². The molecule has 2 rings (SSSR count). The Morgan fingerprint density at radius 2 is 1.78 bits per heavy atom. The fourth-order valence-electron chi connectivity index (χ4n) is 2.46. The number of rotatable bonds is 8. The summed E-state index contributed by atoms with van der Waals surface area (Å²) < 4.78 is 10.6. The highest BCUT2D eigenvalue weighted by Crippen LogP contribution is 2.24. The highest BCUT2D eigenvalue weighted by atomic mass is 16.5. The van der Waals surface area contributed by atoms with Gasteiger partial charge in [0.15, 0.2) is 0 Å². The van der Waals surface area contributed by atoms with Crippen LogP contribution in [-0.2, 0) is 13.0 Å². The van der Waals surface area contributed by atoms with E-state index in [1.165, 1.54) is 0 Å². The molecule has 0 aromatic heterocycles. The van der Waals surface area contributed by atoms with Crippen molar-refractivity contribution in [2.75, 3.05) is 14.2 Å². The molecule has 0 saturated carbocycles. The van der Waals surface area contributed by atoms with Crippen LogP contribution in [0.3, 0.4) is 0 Å². The van der Waals surface area contributed by atoms with Gasteiger partial charge in [-0.25, -0.2) is 0 Å². The second-order valence-corrected chi connectivity index (χ2v) is 5.60. The zero-order chi connectivity index (χ0) is 16.7. The zero-order valence-electron chi connectivity index (χ0n) is 14.0. The van der Waals surface area contributed by atoms with E-state index in [1.807, 2.05) is 55.5 Å². The predicted octanol–water partition coefficient (Wildman–Crippen LogP) is 2.79. The quantitative estimate of drug-likeness (QED) is 0.786. The molecule has 2 aromatic rings. The van der Waals surface area contributed by atoms with Gasteiger partial charge in [-0.15, -0.1) is 0 Å².